The average Bonchev–Trinajstić information content (AvgIpc) is 2.45. The van der Waals surface area contributed by atoms with Gasteiger partial charge in [-0.05, 0) is 55.8 Å². The third-order valence-electron chi connectivity index (χ3n) is 6.43. The summed E-state index contributed by atoms with van der Waals surface area (Å²) in [4.78, 5) is 26.3. The molecular weight excluding hydrogens is 298 g/mol. The molecule has 4 bridgehead atoms. The molecule has 122 valence electrons. The Morgan fingerprint density at radius 1 is 1.05 bits per heavy atom. The number of nitrogens with zero attached hydrogens (tertiary/aromatic N) is 1. The van der Waals surface area contributed by atoms with E-state index in [0.717, 1.165) is 29.9 Å². The van der Waals surface area contributed by atoms with Crippen LogP contribution in [0.15, 0.2) is 0 Å². The summed E-state index contributed by atoms with van der Waals surface area (Å²) in [6, 6.07) is -0.0964. The van der Waals surface area contributed by atoms with Crippen molar-refractivity contribution < 1.29 is 14.7 Å². The van der Waals surface area contributed by atoms with Crippen LogP contribution in [0.5, 0.6) is 0 Å². The van der Waals surface area contributed by atoms with Gasteiger partial charge in [-0.15, -0.1) is 0 Å². The zero-order chi connectivity index (χ0) is 15.3. The highest BCUT2D eigenvalue weighted by molar-refractivity contribution is 7.99. The molecule has 22 heavy (non-hydrogen) atoms. The monoisotopic (exact) mass is 323 g/mol. The Hall–Kier alpha value is -0.710. The lowest BCUT2D eigenvalue weighted by Gasteiger charge is -2.55. The molecule has 1 unspecified atom stereocenters. The van der Waals surface area contributed by atoms with Gasteiger partial charge in [-0.3, -0.25) is 9.59 Å². The second-order valence-corrected chi connectivity index (χ2v) is 8.96. The molecule has 1 saturated heterocycles. The van der Waals surface area contributed by atoms with Gasteiger partial charge in [-0.1, -0.05) is 0 Å². The fraction of sp³-hybridized carbons (Fsp3) is 0.882. The van der Waals surface area contributed by atoms with Crippen LogP contribution in [0.2, 0.25) is 0 Å². The molecule has 0 aromatic heterocycles. The highest BCUT2D eigenvalue weighted by Gasteiger charge is 2.52. The minimum Gasteiger partial charge on any atom is -0.481 e. The Morgan fingerprint density at radius 2 is 1.68 bits per heavy atom. The summed E-state index contributed by atoms with van der Waals surface area (Å²) in [6.07, 6.45) is 6.48. The Bertz CT molecular complexity index is 453. The lowest BCUT2D eigenvalue weighted by atomic mass is 9.51. The lowest BCUT2D eigenvalue weighted by molar-refractivity contribution is -0.152. The smallest absolute Gasteiger partial charge is 0.305 e. The van der Waals surface area contributed by atoms with Crippen molar-refractivity contribution in [1.82, 2.24) is 4.90 Å². The summed E-state index contributed by atoms with van der Waals surface area (Å²) in [6.45, 7) is 0.740. The predicted molar refractivity (Wildman–Crippen MR) is 85.6 cm³/mol. The van der Waals surface area contributed by atoms with Crippen LogP contribution >= 0.6 is 11.8 Å². The van der Waals surface area contributed by atoms with Gasteiger partial charge in [0.15, 0.2) is 0 Å². The van der Waals surface area contributed by atoms with E-state index in [1.165, 1.54) is 32.1 Å². The first-order chi connectivity index (χ1) is 10.6. The van der Waals surface area contributed by atoms with E-state index in [-0.39, 0.29) is 18.4 Å². The number of rotatable bonds is 3. The number of hydrogen-bond donors (Lipinski definition) is 1. The van der Waals surface area contributed by atoms with Crippen LogP contribution in [-0.4, -0.2) is 46.0 Å². The summed E-state index contributed by atoms with van der Waals surface area (Å²) in [5, 5.41) is 9.13. The molecule has 5 fully saturated rings. The van der Waals surface area contributed by atoms with E-state index in [2.05, 4.69) is 0 Å². The quantitative estimate of drug-likeness (QED) is 0.867. The molecule has 1 aliphatic heterocycles. The summed E-state index contributed by atoms with van der Waals surface area (Å²) < 4.78 is 0. The van der Waals surface area contributed by atoms with E-state index in [1.54, 1.807) is 11.8 Å². The van der Waals surface area contributed by atoms with Crippen LogP contribution in [0.4, 0.5) is 0 Å². The second kappa shape index (κ2) is 5.73. The van der Waals surface area contributed by atoms with E-state index in [1.807, 2.05) is 4.90 Å². The zero-order valence-corrected chi connectivity index (χ0v) is 13.8. The zero-order valence-electron chi connectivity index (χ0n) is 12.9. The van der Waals surface area contributed by atoms with E-state index in [0.29, 0.717) is 17.7 Å². The van der Waals surface area contributed by atoms with Crippen molar-refractivity contribution in [3.05, 3.63) is 0 Å². The minimum atomic E-state index is -0.782. The van der Waals surface area contributed by atoms with Crippen molar-refractivity contribution in [2.75, 3.05) is 18.1 Å². The Balaban J connectivity index is 1.51. The summed E-state index contributed by atoms with van der Waals surface area (Å²) in [5.41, 5.74) is 0. The Labute approximate surface area is 136 Å². The van der Waals surface area contributed by atoms with Crippen LogP contribution in [0.3, 0.4) is 0 Å². The molecule has 0 aromatic rings. The van der Waals surface area contributed by atoms with Crippen LogP contribution in [0.25, 0.3) is 0 Å². The molecule has 4 nitrogen and oxygen atoms in total. The number of aliphatic carboxylic acids is 1. The average molecular weight is 323 g/mol. The summed E-state index contributed by atoms with van der Waals surface area (Å²) >= 11 is 1.78. The Morgan fingerprint density at radius 3 is 2.27 bits per heavy atom. The lowest BCUT2D eigenvalue weighted by Crippen LogP contribution is -2.56. The normalized spacial score (nSPS) is 43.4. The maximum absolute atomic E-state index is 13.2. The van der Waals surface area contributed by atoms with Crippen molar-refractivity contribution >= 4 is 23.6 Å². The molecule has 0 aromatic carbocycles. The van der Waals surface area contributed by atoms with E-state index in [9.17, 15) is 9.59 Å². The van der Waals surface area contributed by atoms with Crippen LogP contribution in [0.1, 0.15) is 38.5 Å². The number of carboxylic acid groups (broad SMARTS) is 1. The largest absolute Gasteiger partial charge is 0.481 e. The maximum atomic E-state index is 13.2. The van der Waals surface area contributed by atoms with Crippen molar-refractivity contribution in [3.8, 4) is 0 Å². The topological polar surface area (TPSA) is 57.6 Å². The van der Waals surface area contributed by atoms with E-state index in [4.69, 9.17) is 5.11 Å². The van der Waals surface area contributed by atoms with Gasteiger partial charge < -0.3 is 10.0 Å². The summed E-state index contributed by atoms with van der Waals surface area (Å²) in [5.74, 6) is 4.37. The van der Waals surface area contributed by atoms with Crippen molar-refractivity contribution in [2.45, 2.75) is 44.6 Å². The van der Waals surface area contributed by atoms with Crippen molar-refractivity contribution in [1.29, 1.82) is 0 Å². The maximum Gasteiger partial charge on any atom is 0.305 e. The molecule has 1 heterocycles. The molecule has 5 rings (SSSR count). The van der Waals surface area contributed by atoms with E-state index < -0.39 is 5.97 Å². The molecule has 0 radical (unpaired) electrons. The second-order valence-electron chi connectivity index (χ2n) is 7.81. The van der Waals surface area contributed by atoms with Crippen molar-refractivity contribution in [2.24, 2.45) is 29.6 Å². The first-order valence-corrected chi connectivity index (χ1v) is 9.87. The predicted octanol–water partition coefficient (Wildman–Crippen LogP) is 2.48. The fourth-order valence-corrected chi connectivity index (χ4v) is 6.90. The minimum absolute atomic E-state index is 0.0964. The molecule has 4 aliphatic carbocycles. The molecular formula is C17H25NO3S. The molecule has 0 spiro atoms. The first kappa shape index (κ1) is 14.9. The number of amides is 1. The van der Waals surface area contributed by atoms with Gasteiger partial charge in [0.05, 0.1) is 12.5 Å². The standard InChI is InChI=1S/C17H25NO3S/c19-15(20)8-14-9-22-2-1-18(14)17(21)16-12-4-10-3-11(6-12)7-13(16)5-10/h10-14,16H,1-9H2,(H,19,20). The van der Waals surface area contributed by atoms with Crippen LogP contribution in [-0.2, 0) is 9.59 Å². The molecule has 4 saturated carbocycles. The number of hydrogen-bond acceptors (Lipinski definition) is 3. The Kier molecular flexibility index (Phi) is 3.87. The van der Waals surface area contributed by atoms with Gasteiger partial charge in [0.25, 0.3) is 0 Å². The number of carbonyl (C=O) groups is 2. The summed E-state index contributed by atoms with van der Waals surface area (Å²) in [7, 11) is 0. The van der Waals surface area contributed by atoms with Gasteiger partial charge in [0.2, 0.25) is 5.91 Å². The molecule has 5 heteroatoms. The highest BCUT2D eigenvalue weighted by Crippen LogP contribution is 2.57. The molecule has 5 aliphatic rings. The first-order valence-electron chi connectivity index (χ1n) is 8.72. The van der Waals surface area contributed by atoms with Gasteiger partial charge >= 0.3 is 5.97 Å². The fourth-order valence-electron chi connectivity index (χ4n) is 5.84. The molecule has 1 amide bonds. The number of carbonyl (C=O) groups excluding carboxylic acids is 1. The van der Waals surface area contributed by atoms with Gasteiger partial charge in [0.1, 0.15) is 0 Å². The number of thioether (sulfide) groups is 1. The highest BCUT2D eigenvalue weighted by atomic mass is 32.2. The molecule has 1 N–H and O–H groups in total. The van der Waals surface area contributed by atoms with Crippen LogP contribution < -0.4 is 0 Å². The third kappa shape index (κ3) is 2.55. The van der Waals surface area contributed by atoms with Gasteiger partial charge in [0, 0.05) is 24.0 Å². The third-order valence-corrected chi connectivity index (χ3v) is 7.52. The van der Waals surface area contributed by atoms with Gasteiger partial charge in [-0.2, -0.15) is 11.8 Å². The number of carboxylic acids is 1. The van der Waals surface area contributed by atoms with Crippen LogP contribution in [0, 0.1) is 29.6 Å². The van der Waals surface area contributed by atoms with E-state index >= 15 is 0 Å². The van der Waals surface area contributed by atoms with Gasteiger partial charge in [-0.25, -0.2) is 0 Å². The molecule has 1 atom stereocenters. The SMILES string of the molecule is O=C(O)CC1CSCCN1C(=O)C1C2CC3CC(C2)CC1C3. The van der Waals surface area contributed by atoms with Crippen molar-refractivity contribution in [3.63, 3.8) is 0 Å².